The molecule has 0 saturated carbocycles. The Morgan fingerprint density at radius 1 is 1.34 bits per heavy atom. The SMILES string of the molecule is CCCOc1ccc(/C=C/C(=O)NCCCN2CCCC(C(N)=O)C2)cc1OC. The van der Waals surface area contributed by atoms with E-state index in [2.05, 4.69) is 10.2 Å². The molecule has 1 aromatic carbocycles. The van der Waals surface area contributed by atoms with E-state index in [0.29, 0.717) is 24.7 Å². The maximum atomic E-state index is 12.0. The van der Waals surface area contributed by atoms with Gasteiger partial charge in [-0.2, -0.15) is 0 Å². The van der Waals surface area contributed by atoms with Crippen molar-refractivity contribution in [3.8, 4) is 11.5 Å². The summed E-state index contributed by atoms with van der Waals surface area (Å²) in [5.74, 6) is 0.958. The lowest BCUT2D eigenvalue weighted by atomic mass is 9.97. The smallest absolute Gasteiger partial charge is 0.243 e. The number of hydrogen-bond donors (Lipinski definition) is 2. The predicted octanol–water partition coefficient (Wildman–Crippen LogP) is 2.20. The van der Waals surface area contributed by atoms with Crippen LogP contribution in [0.3, 0.4) is 0 Å². The van der Waals surface area contributed by atoms with Crippen LogP contribution in [0.15, 0.2) is 24.3 Å². The number of ether oxygens (including phenoxy) is 2. The summed E-state index contributed by atoms with van der Waals surface area (Å²) in [7, 11) is 1.60. The fourth-order valence-corrected chi connectivity index (χ4v) is 3.36. The monoisotopic (exact) mass is 403 g/mol. The van der Waals surface area contributed by atoms with Crippen molar-refractivity contribution < 1.29 is 19.1 Å². The number of amides is 2. The highest BCUT2D eigenvalue weighted by molar-refractivity contribution is 5.91. The second-order valence-electron chi connectivity index (χ2n) is 7.28. The summed E-state index contributed by atoms with van der Waals surface area (Å²) < 4.78 is 11.0. The van der Waals surface area contributed by atoms with Gasteiger partial charge in [0.25, 0.3) is 0 Å². The molecule has 7 heteroatoms. The lowest BCUT2D eigenvalue weighted by Gasteiger charge is -2.31. The number of methoxy groups -OCH3 is 1. The largest absolute Gasteiger partial charge is 0.493 e. The van der Waals surface area contributed by atoms with Crippen LogP contribution in [-0.2, 0) is 9.59 Å². The van der Waals surface area contributed by atoms with E-state index in [4.69, 9.17) is 15.2 Å². The lowest BCUT2D eigenvalue weighted by molar-refractivity contribution is -0.123. The first-order chi connectivity index (χ1) is 14.0. The Morgan fingerprint density at radius 2 is 2.17 bits per heavy atom. The number of nitrogens with zero attached hydrogens (tertiary/aromatic N) is 1. The third kappa shape index (κ3) is 7.77. The summed E-state index contributed by atoms with van der Waals surface area (Å²) in [6.45, 7) is 5.83. The first-order valence-electron chi connectivity index (χ1n) is 10.3. The molecule has 1 heterocycles. The number of benzene rings is 1. The third-order valence-corrected chi connectivity index (χ3v) is 4.93. The van der Waals surface area contributed by atoms with Crippen LogP contribution < -0.4 is 20.5 Å². The number of nitrogens with two attached hydrogens (primary N) is 1. The standard InChI is InChI=1S/C22H33N3O4/c1-3-14-29-19-9-7-17(15-20(19)28-2)8-10-21(26)24-11-5-13-25-12-4-6-18(16-25)22(23)27/h7-10,15,18H,3-6,11-14,16H2,1-2H3,(H2,23,27)(H,24,26)/b10-8+. The highest BCUT2D eigenvalue weighted by Crippen LogP contribution is 2.28. The molecule has 29 heavy (non-hydrogen) atoms. The Morgan fingerprint density at radius 3 is 2.90 bits per heavy atom. The number of rotatable bonds is 11. The van der Waals surface area contributed by atoms with E-state index in [0.717, 1.165) is 50.9 Å². The molecule has 0 aliphatic carbocycles. The molecule has 1 unspecified atom stereocenters. The molecule has 1 saturated heterocycles. The fraction of sp³-hybridized carbons (Fsp3) is 0.545. The normalized spacial score (nSPS) is 17.2. The molecule has 2 rings (SSSR count). The van der Waals surface area contributed by atoms with E-state index < -0.39 is 0 Å². The van der Waals surface area contributed by atoms with Gasteiger partial charge in [-0.25, -0.2) is 0 Å². The Balaban J connectivity index is 1.73. The molecule has 7 nitrogen and oxygen atoms in total. The van der Waals surface area contributed by atoms with Crippen LogP contribution in [0.1, 0.15) is 38.2 Å². The Labute approximate surface area is 173 Å². The van der Waals surface area contributed by atoms with Gasteiger partial charge in [-0.15, -0.1) is 0 Å². The molecule has 3 N–H and O–H groups in total. The molecule has 0 spiro atoms. The van der Waals surface area contributed by atoms with Crippen molar-refractivity contribution in [3.63, 3.8) is 0 Å². The number of nitrogens with one attached hydrogen (secondary N) is 1. The van der Waals surface area contributed by atoms with Gasteiger partial charge in [0, 0.05) is 19.2 Å². The molecule has 1 aliphatic heterocycles. The van der Waals surface area contributed by atoms with Gasteiger partial charge in [-0.1, -0.05) is 13.0 Å². The van der Waals surface area contributed by atoms with Crippen LogP contribution in [0.5, 0.6) is 11.5 Å². The second kappa shape index (κ2) is 12.1. The van der Waals surface area contributed by atoms with Crippen molar-refractivity contribution in [2.45, 2.75) is 32.6 Å². The molecular weight excluding hydrogens is 370 g/mol. The Bertz CT molecular complexity index is 705. The molecule has 1 aromatic rings. The zero-order chi connectivity index (χ0) is 21.1. The van der Waals surface area contributed by atoms with E-state index in [9.17, 15) is 9.59 Å². The fourth-order valence-electron chi connectivity index (χ4n) is 3.36. The number of carbonyl (C=O) groups is 2. The lowest BCUT2D eigenvalue weighted by Crippen LogP contribution is -2.42. The first kappa shape index (κ1) is 22.7. The minimum absolute atomic E-state index is 0.0444. The summed E-state index contributed by atoms with van der Waals surface area (Å²) >= 11 is 0. The van der Waals surface area contributed by atoms with Gasteiger partial charge < -0.3 is 25.4 Å². The average Bonchev–Trinajstić information content (AvgIpc) is 2.74. The summed E-state index contributed by atoms with van der Waals surface area (Å²) in [6.07, 6.45) is 6.91. The third-order valence-electron chi connectivity index (χ3n) is 4.93. The van der Waals surface area contributed by atoms with Crippen molar-refractivity contribution in [2.75, 3.05) is 39.9 Å². The van der Waals surface area contributed by atoms with Crippen molar-refractivity contribution in [1.82, 2.24) is 10.2 Å². The molecule has 1 atom stereocenters. The number of likely N-dealkylation sites (tertiary alicyclic amines) is 1. The van der Waals surface area contributed by atoms with Crippen molar-refractivity contribution >= 4 is 17.9 Å². The van der Waals surface area contributed by atoms with Crippen LogP contribution >= 0.6 is 0 Å². The maximum absolute atomic E-state index is 12.0. The van der Waals surface area contributed by atoms with Crippen LogP contribution in [0.2, 0.25) is 0 Å². The van der Waals surface area contributed by atoms with E-state index in [1.807, 2.05) is 25.1 Å². The molecule has 1 aliphatic rings. The summed E-state index contributed by atoms with van der Waals surface area (Å²) in [5, 5.41) is 2.89. The minimum atomic E-state index is -0.213. The van der Waals surface area contributed by atoms with Gasteiger partial charge in [-0.3, -0.25) is 9.59 Å². The quantitative estimate of drug-likeness (QED) is 0.436. The second-order valence-corrected chi connectivity index (χ2v) is 7.28. The molecule has 0 radical (unpaired) electrons. The number of carbonyl (C=O) groups excluding carboxylic acids is 2. The highest BCUT2D eigenvalue weighted by Gasteiger charge is 2.23. The van der Waals surface area contributed by atoms with Gasteiger partial charge >= 0.3 is 0 Å². The Hall–Kier alpha value is -2.54. The summed E-state index contributed by atoms with van der Waals surface area (Å²) in [4.78, 5) is 25.6. The summed E-state index contributed by atoms with van der Waals surface area (Å²) in [6, 6.07) is 5.59. The molecular formula is C22H33N3O4. The topological polar surface area (TPSA) is 93.9 Å². The van der Waals surface area contributed by atoms with Crippen LogP contribution in [-0.4, -0.2) is 56.6 Å². The summed E-state index contributed by atoms with van der Waals surface area (Å²) in [5.41, 5.74) is 6.28. The van der Waals surface area contributed by atoms with Gasteiger partial charge in [-0.05, 0) is 62.5 Å². The molecule has 0 bridgehead atoms. The number of piperidine rings is 1. The first-order valence-corrected chi connectivity index (χ1v) is 10.3. The molecule has 160 valence electrons. The average molecular weight is 404 g/mol. The van der Waals surface area contributed by atoms with Gasteiger partial charge in [0.1, 0.15) is 0 Å². The van der Waals surface area contributed by atoms with Gasteiger partial charge in [0.05, 0.1) is 19.6 Å². The molecule has 1 fully saturated rings. The molecule has 0 aromatic heterocycles. The minimum Gasteiger partial charge on any atom is -0.493 e. The number of primary amides is 1. The van der Waals surface area contributed by atoms with Crippen molar-refractivity contribution in [3.05, 3.63) is 29.8 Å². The van der Waals surface area contributed by atoms with E-state index in [1.54, 1.807) is 13.2 Å². The van der Waals surface area contributed by atoms with Crippen molar-refractivity contribution in [2.24, 2.45) is 11.7 Å². The maximum Gasteiger partial charge on any atom is 0.243 e. The number of hydrogen-bond acceptors (Lipinski definition) is 5. The van der Waals surface area contributed by atoms with E-state index in [1.165, 1.54) is 6.08 Å². The zero-order valence-electron chi connectivity index (χ0n) is 17.5. The van der Waals surface area contributed by atoms with Gasteiger partial charge in [0.2, 0.25) is 11.8 Å². The zero-order valence-corrected chi connectivity index (χ0v) is 17.5. The van der Waals surface area contributed by atoms with E-state index >= 15 is 0 Å². The van der Waals surface area contributed by atoms with E-state index in [-0.39, 0.29) is 17.7 Å². The van der Waals surface area contributed by atoms with Crippen LogP contribution in [0.4, 0.5) is 0 Å². The van der Waals surface area contributed by atoms with Crippen LogP contribution in [0.25, 0.3) is 6.08 Å². The van der Waals surface area contributed by atoms with Crippen LogP contribution in [0, 0.1) is 5.92 Å². The highest BCUT2D eigenvalue weighted by atomic mass is 16.5. The Kier molecular flexibility index (Phi) is 9.50. The van der Waals surface area contributed by atoms with Crippen molar-refractivity contribution in [1.29, 1.82) is 0 Å². The molecule has 2 amide bonds. The predicted molar refractivity (Wildman–Crippen MR) is 114 cm³/mol. The van der Waals surface area contributed by atoms with Gasteiger partial charge in [0.15, 0.2) is 11.5 Å².